The third-order valence-corrected chi connectivity index (χ3v) is 3.41. The number of rotatable bonds is 2. The van der Waals surface area contributed by atoms with Crippen molar-refractivity contribution in [1.29, 1.82) is 0 Å². The van der Waals surface area contributed by atoms with Gasteiger partial charge in [0.15, 0.2) is 5.76 Å². The molecule has 100 valence electrons. The van der Waals surface area contributed by atoms with E-state index in [4.69, 9.17) is 4.52 Å². The molecule has 0 spiro atoms. The molecule has 0 fully saturated rings. The number of carbonyl (C=O) groups is 1. The van der Waals surface area contributed by atoms with Crippen LogP contribution in [-0.4, -0.2) is 16.2 Å². The smallest absolute Gasteiger partial charge is 0.341 e. The van der Waals surface area contributed by atoms with Gasteiger partial charge in [0.25, 0.3) is 0 Å². The summed E-state index contributed by atoms with van der Waals surface area (Å²) in [5.41, 5.74) is 0.767. The Morgan fingerprint density at radius 3 is 2.47 bits per heavy atom. The standard InChI is InChI=1S/C14H14BrNO3/c1-14(2,3)12-10(13(17)18)11(16-19-12)8-6-4-5-7-9(8)15/h4-7H,1-3H3,(H,17,18). The van der Waals surface area contributed by atoms with Crippen LogP contribution in [0.4, 0.5) is 0 Å². The molecule has 4 nitrogen and oxygen atoms in total. The molecule has 0 aliphatic heterocycles. The van der Waals surface area contributed by atoms with E-state index in [1.807, 2.05) is 39.0 Å². The molecule has 2 rings (SSSR count). The third kappa shape index (κ3) is 2.56. The van der Waals surface area contributed by atoms with Gasteiger partial charge in [0.1, 0.15) is 11.3 Å². The van der Waals surface area contributed by atoms with Crippen molar-refractivity contribution in [1.82, 2.24) is 5.16 Å². The second-order valence-electron chi connectivity index (χ2n) is 5.27. The Labute approximate surface area is 119 Å². The molecule has 2 aromatic rings. The van der Waals surface area contributed by atoms with Gasteiger partial charge in [-0.25, -0.2) is 4.79 Å². The molecule has 5 heteroatoms. The lowest BCUT2D eigenvalue weighted by atomic mass is 9.89. The van der Waals surface area contributed by atoms with Gasteiger partial charge in [-0.15, -0.1) is 0 Å². The van der Waals surface area contributed by atoms with Crippen LogP contribution < -0.4 is 0 Å². The number of carboxylic acids is 1. The highest BCUT2D eigenvalue weighted by atomic mass is 79.9. The van der Waals surface area contributed by atoms with E-state index in [1.165, 1.54) is 0 Å². The predicted molar refractivity (Wildman–Crippen MR) is 75.3 cm³/mol. The first-order valence-electron chi connectivity index (χ1n) is 5.80. The highest BCUT2D eigenvalue weighted by Crippen LogP contribution is 2.35. The summed E-state index contributed by atoms with van der Waals surface area (Å²) in [6, 6.07) is 7.34. The summed E-state index contributed by atoms with van der Waals surface area (Å²) >= 11 is 3.40. The Morgan fingerprint density at radius 2 is 1.95 bits per heavy atom. The minimum Gasteiger partial charge on any atom is -0.477 e. The molecule has 0 bridgehead atoms. The van der Waals surface area contributed by atoms with Crippen molar-refractivity contribution in [2.24, 2.45) is 0 Å². The second-order valence-corrected chi connectivity index (χ2v) is 6.12. The van der Waals surface area contributed by atoms with Gasteiger partial charge in [0.2, 0.25) is 0 Å². The maximum Gasteiger partial charge on any atom is 0.341 e. The van der Waals surface area contributed by atoms with Crippen LogP contribution in [0.3, 0.4) is 0 Å². The van der Waals surface area contributed by atoms with Crippen LogP contribution in [0.25, 0.3) is 11.3 Å². The number of hydrogen-bond donors (Lipinski definition) is 1. The van der Waals surface area contributed by atoms with E-state index in [1.54, 1.807) is 6.07 Å². The Bertz CT molecular complexity index is 626. The molecular weight excluding hydrogens is 310 g/mol. The fraction of sp³-hybridized carbons (Fsp3) is 0.286. The Hall–Kier alpha value is -1.62. The van der Waals surface area contributed by atoms with Crippen LogP contribution in [0, 0.1) is 0 Å². The molecule has 0 aliphatic rings. The fourth-order valence-corrected chi connectivity index (χ4v) is 2.31. The van der Waals surface area contributed by atoms with Crippen LogP contribution in [0.2, 0.25) is 0 Å². The number of benzene rings is 1. The highest BCUT2D eigenvalue weighted by molar-refractivity contribution is 9.10. The van der Waals surface area contributed by atoms with Gasteiger partial charge < -0.3 is 9.63 Å². The van der Waals surface area contributed by atoms with E-state index in [0.29, 0.717) is 17.0 Å². The van der Waals surface area contributed by atoms with Gasteiger partial charge in [-0.3, -0.25) is 0 Å². The summed E-state index contributed by atoms with van der Waals surface area (Å²) in [5.74, 6) is -0.650. The monoisotopic (exact) mass is 323 g/mol. The van der Waals surface area contributed by atoms with Crippen LogP contribution in [0.1, 0.15) is 36.9 Å². The molecule has 0 radical (unpaired) electrons. The van der Waals surface area contributed by atoms with Gasteiger partial charge in [-0.05, 0) is 6.07 Å². The molecule has 1 N–H and O–H groups in total. The van der Waals surface area contributed by atoms with E-state index in [2.05, 4.69) is 21.1 Å². The Balaban J connectivity index is 2.70. The van der Waals surface area contributed by atoms with Crippen molar-refractivity contribution in [3.8, 4) is 11.3 Å². The van der Waals surface area contributed by atoms with Crippen molar-refractivity contribution in [3.05, 3.63) is 40.1 Å². The molecular formula is C14H14BrNO3. The van der Waals surface area contributed by atoms with Gasteiger partial charge in [-0.2, -0.15) is 0 Å². The van der Waals surface area contributed by atoms with Crippen LogP contribution in [-0.2, 0) is 5.41 Å². The van der Waals surface area contributed by atoms with Crippen molar-refractivity contribution in [2.75, 3.05) is 0 Å². The summed E-state index contributed by atoms with van der Waals surface area (Å²) < 4.78 is 6.06. The molecule has 19 heavy (non-hydrogen) atoms. The minimum absolute atomic E-state index is 0.124. The van der Waals surface area contributed by atoms with E-state index in [0.717, 1.165) is 4.47 Å². The maximum absolute atomic E-state index is 11.5. The molecule has 0 saturated heterocycles. The fourth-order valence-electron chi connectivity index (χ4n) is 1.84. The lowest BCUT2D eigenvalue weighted by Gasteiger charge is -2.14. The Kier molecular flexibility index (Phi) is 3.49. The van der Waals surface area contributed by atoms with Crippen molar-refractivity contribution >= 4 is 21.9 Å². The summed E-state index contributed by atoms with van der Waals surface area (Å²) in [4.78, 5) is 11.5. The van der Waals surface area contributed by atoms with Gasteiger partial charge in [0.05, 0.1) is 0 Å². The largest absolute Gasteiger partial charge is 0.477 e. The van der Waals surface area contributed by atoms with Gasteiger partial charge >= 0.3 is 5.97 Å². The van der Waals surface area contributed by atoms with Crippen LogP contribution >= 0.6 is 15.9 Å². The summed E-state index contributed by atoms with van der Waals surface area (Å²) in [6.45, 7) is 5.68. The number of halogens is 1. The minimum atomic E-state index is -1.03. The molecule has 0 atom stereocenters. The van der Waals surface area contributed by atoms with E-state index in [9.17, 15) is 9.90 Å². The van der Waals surface area contributed by atoms with Crippen molar-refractivity contribution < 1.29 is 14.4 Å². The zero-order valence-corrected chi connectivity index (χ0v) is 12.5. The van der Waals surface area contributed by atoms with E-state index >= 15 is 0 Å². The molecule has 0 unspecified atom stereocenters. The number of nitrogens with zero attached hydrogens (tertiary/aromatic N) is 1. The van der Waals surface area contributed by atoms with E-state index < -0.39 is 11.4 Å². The number of carboxylic acid groups (broad SMARTS) is 1. The molecule has 0 amide bonds. The lowest BCUT2D eigenvalue weighted by molar-refractivity contribution is 0.0693. The Morgan fingerprint density at radius 1 is 1.32 bits per heavy atom. The average molecular weight is 324 g/mol. The van der Waals surface area contributed by atoms with Crippen molar-refractivity contribution in [3.63, 3.8) is 0 Å². The average Bonchev–Trinajstić information content (AvgIpc) is 2.73. The molecule has 1 aromatic heterocycles. The normalized spacial score (nSPS) is 11.6. The SMILES string of the molecule is CC(C)(C)c1onc(-c2ccccc2Br)c1C(=O)O. The van der Waals surface area contributed by atoms with Gasteiger partial charge in [-0.1, -0.05) is 60.1 Å². The first-order chi connectivity index (χ1) is 8.82. The first kappa shape index (κ1) is 13.8. The number of hydrogen-bond acceptors (Lipinski definition) is 3. The molecule has 1 aromatic carbocycles. The highest BCUT2D eigenvalue weighted by Gasteiger charge is 2.31. The van der Waals surface area contributed by atoms with Crippen molar-refractivity contribution in [2.45, 2.75) is 26.2 Å². The topological polar surface area (TPSA) is 63.3 Å². The molecule has 1 heterocycles. The maximum atomic E-state index is 11.5. The molecule has 0 aliphatic carbocycles. The summed E-state index contributed by atoms with van der Waals surface area (Å²) in [7, 11) is 0. The van der Waals surface area contributed by atoms with Crippen LogP contribution in [0.15, 0.2) is 33.3 Å². The zero-order chi connectivity index (χ0) is 14.2. The van der Waals surface area contributed by atoms with Crippen LogP contribution in [0.5, 0.6) is 0 Å². The third-order valence-electron chi connectivity index (χ3n) is 2.72. The zero-order valence-electron chi connectivity index (χ0n) is 10.9. The second kappa shape index (κ2) is 4.81. The number of aromatic nitrogens is 1. The summed E-state index contributed by atoms with van der Waals surface area (Å²) in [5, 5.41) is 13.4. The molecule has 0 saturated carbocycles. The summed E-state index contributed by atoms with van der Waals surface area (Å²) in [6.07, 6.45) is 0. The first-order valence-corrected chi connectivity index (χ1v) is 6.60. The van der Waals surface area contributed by atoms with Gasteiger partial charge in [0, 0.05) is 15.5 Å². The predicted octanol–water partition coefficient (Wildman–Crippen LogP) is 4.10. The number of aromatic carboxylic acids is 1. The lowest BCUT2D eigenvalue weighted by Crippen LogP contribution is -2.15. The quantitative estimate of drug-likeness (QED) is 0.903. The van der Waals surface area contributed by atoms with E-state index in [-0.39, 0.29) is 5.56 Å².